The average Bonchev–Trinajstić information content (AvgIpc) is 2.97. The number of benzene rings is 3. The van der Waals surface area contributed by atoms with Gasteiger partial charge in [-0.1, -0.05) is 42.5 Å². The second-order valence-electron chi connectivity index (χ2n) is 10.2. The first-order chi connectivity index (χ1) is 20.0. The van der Waals surface area contributed by atoms with Crippen molar-refractivity contribution in [3.05, 3.63) is 101 Å². The maximum absolute atomic E-state index is 13.6. The number of nitrogens with one attached hydrogen (secondary N) is 2. The van der Waals surface area contributed by atoms with Gasteiger partial charge in [0.05, 0.1) is 17.9 Å². The third kappa shape index (κ3) is 7.99. The van der Waals surface area contributed by atoms with Gasteiger partial charge in [-0.25, -0.2) is 0 Å². The molecule has 10 heteroatoms. The summed E-state index contributed by atoms with van der Waals surface area (Å²) in [4.78, 5) is 36.6. The SMILES string of the molecule is Nc1ccc(NC(=O)C(Cc2ccc(C(=O)NCCC(=O)O)cc2)c2ccc(C3=CCCCC3)cc2)cc1C(F)(F)F. The first-order valence-corrected chi connectivity index (χ1v) is 13.7. The van der Waals surface area contributed by atoms with Gasteiger partial charge in [0.25, 0.3) is 5.91 Å². The number of carbonyl (C=O) groups excluding carboxylic acids is 2. The summed E-state index contributed by atoms with van der Waals surface area (Å²) >= 11 is 0. The molecule has 1 aliphatic carbocycles. The van der Waals surface area contributed by atoms with Crippen LogP contribution in [0.3, 0.4) is 0 Å². The summed E-state index contributed by atoms with van der Waals surface area (Å²) in [7, 11) is 0. The Kier molecular flexibility index (Phi) is 9.67. The first kappa shape index (κ1) is 30.4. The molecule has 0 aliphatic heterocycles. The van der Waals surface area contributed by atoms with Crippen LogP contribution in [0.5, 0.6) is 0 Å². The highest BCUT2D eigenvalue weighted by atomic mass is 19.4. The molecule has 0 spiro atoms. The topological polar surface area (TPSA) is 122 Å². The number of alkyl halides is 3. The van der Waals surface area contributed by atoms with E-state index in [4.69, 9.17) is 10.8 Å². The molecule has 3 aromatic carbocycles. The van der Waals surface area contributed by atoms with E-state index in [-0.39, 0.29) is 25.1 Å². The van der Waals surface area contributed by atoms with Crippen LogP contribution >= 0.6 is 0 Å². The lowest BCUT2D eigenvalue weighted by atomic mass is 9.88. The quantitative estimate of drug-likeness (QED) is 0.207. The summed E-state index contributed by atoms with van der Waals surface area (Å²) in [5.41, 5.74) is 8.11. The molecule has 2 amide bonds. The fourth-order valence-corrected chi connectivity index (χ4v) is 4.91. The van der Waals surface area contributed by atoms with E-state index in [0.29, 0.717) is 11.1 Å². The second-order valence-corrected chi connectivity index (χ2v) is 10.2. The molecule has 0 fully saturated rings. The minimum atomic E-state index is -4.67. The number of nitrogens with two attached hydrogens (primary N) is 1. The Morgan fingerprint density at radius 1 is 0.952 bits per heavy atom. The van der Waals surface area contributed by atoms with Crippen molar-refractivity contribution in [2.75, 3.05) is 17.6 Å². The van der Waals surface area contributed by atoms with E-state index < -0.39 is 41.1 Å². The Balaban J connectivity index is 1.57. The molecular weight excluding hydrogens is 547 g/mol. The van der Waals surface area contributed by atoms with Crippen LogP contribution in [0.2, 0.25) is 0 Å². The third-order valence-corrected chi connectivity index (χ3v) is 7.20. The van der Waals surface area contributed by atoms with Crippen LogP contribution in [0.25, 0.3) is 5.57 Å². The van der Waals surface area contributed by atoms with E-state index in [0.717, 1.165) is 48.9 Å². The van der Waals surface area contributed by atoms with Crippen LogP contribution in [0, 0.1) is 0 Å². The fourth-order valence-electron chi connectivity index (χ4n) is 4.91. The Hall–Kier alpha value is -4.60. The molecule has 3 aromatic rings. The third-order valence-electron chi connectivity index (χ3n) is 7.20. The van der Waals surface area contributed by atoms with Gasteiger partial charge in [0.15, 0.2) is 0 Å². The average molecular weight is 580 g/mol. The maximum atomic E-state index is 13.6. The molecule has 0 saturated heterocycles. The molecule has 220 valence electrons. The van der Waals surface area contributed by atoms with Crippen molar-refractivity contribution < 1.29 is 32.7 Å². The predicted octanol–water partition coefficient (Wildman–Crippen LogP) is 6.41. The first-order valence-electron chi connectivity index (χ1n) is 13.7. The summed E-state index contributed by atoms with van der Waals surface area (Å²) in [6, 6.07) is 17.5. The molecule has 1 unspecified atom stereocenters. The zero-order valence-corrected chi connectivity index (χ0v) is 22.8. The van der Waals surface area contributed by atoms with E-state index in [9.17, 15) is 27.6 Å². The van der Waals surface area contributed by atoms with Gasteiger partial charge < -0.3 is 21.5 Å². The summed E-state index contributed by atoms with van der Waals surface area (Å²) < 4.78 is 40.2. The highest BCUT2D eigenvalue weighted by molar-refractivity contribution is 5.97. The van der Waals surface area contributed by atoms with E-state index in [1.165, 1.54) is 11.6 Å². The van der Waals surface area contributed by atoms with Crippen LogP contribution < -0.4 is 16.4 Å². The van der Waals surface area contributed by atoms with Crippen molar-refractivity contribution in [1.29, 1.82) is 0 Å². The standard InChI is InChI=1S/C32H32F3N3O4/c33-32(34,35)27-19-25(14-15-28(27)36)38-31(42)26(23-12-10-22(11-13-23)21-4-2-1-3-5-21)18-20-6-8-24(9-7-20)30(41)37-17-16-29(39)40/h4,6-15,19,26H,1-3,5,16-18,36H2,(H,37,41)(H,38,42)(H,39,40). The normalized spacial score (nSPS) is 14.0. The van der Waals surface area contributed by atoms with Crippen molar-refractivity contribution in [3.8, 4) is 0 Å². The number of hydrogen-bond acceptors (Lipinski definition) is 4. The van der Waals surface area contributed by atoms with Crippen molar-refractivity contribution in [1.82, 2.24) is 5.32 Å². The van der Waals surface area contributed by atoms with Crippen LogP contribution in [-0.2, 0) is 22.2 Å². The molecule has 42 heavy (non-hydrogen) atoms. The number of hydrogen-bond donors (Lipinski definition) is 4. The van der Waals surface area contributed by atoms with E-state index in [1.54, 1.807) is 24.3 Å². The number of carboxylic acid groups (broad SMARTS) is 1. The van der Waals surface area contributed by atoms with Crippen LogP contribution in [-0.4, -0.2) is 29.4 Å². The maximum Gasteiger partial charge on any atom is 0.418 e. The van der Waals surface area contributed by atoms with Crippen molar-refractivity contribution in [2.24, 2.45) is 0 Å². The lowest BCUT2D eigenvalue weighted by molar-refractivity contribution is -0.137. The number of rotatable bonds is 10. The Morgan fingerprint density at radius 2 is 1.67 bits per heavy atom. The minimum Gasteiger partial charge on any atom is -0.481 e. The van der Waals surface area contributed by atoms with E-state index >= 15 is 0 Å². The smallest absolute Gasteiger partial charge is 0.418 e. The Labute approximate surface area is 241 Å². The summed E-state index contributed by atoms with van der Waals surface area (Å²) in [6.45, 7) is -0.00769. The van der Waals surface area contributed by atoms with Gasteiger partial charge in [-0.2, -0.15) is 13.2 Å². The molecule has 0 radical (unpaired) electrons. The number of aliphatic carboxylic acids is 1. The van der Waals surface area contributed by atoms with Gasteiger partial charge >= 0.3 is 12.1 Å². The van der Waals surface area contributed by atoms with Crippen LogP contribution in [0.1, 0.15) is 70.6 Å². The Morgan fingerprint density at radius 3 is 2.29 bits per heavy atom. The summed E-state index contributed by atoms with van der Waals surface area (Å²) in [5.74, 6) is -2.69. The minimum absolute atomic E-state index is 0.00769. The number of nitrogen functional groups attached to an aromatic ring is 1. The molecule has 5 N–H and O–H groups in total. The lowest BCUT2D eigenvalue weighted by Gasteiger charge is -2.20. The van der Waals surface area contributed by atoms with E-state index in [1.807, 2.05) is 24.3 Å². The van der Waals surface area contributed by atoms with Crippen molar-refractivity contribution >= 4 is 34.7 Å². The molecule has 0 heterocycles. The molecule has 0 aromatic heterocycles. The number of allylic oxidation sites excluding steroid dienone is 2. The molecule has 1 aliphatic rings. The highest BCUT2D eigenvalue weighted by Gasteiger charge is 2.33. The van der Waals surface area contributed by atoms with E-state index in [2.05, 4.69) is 16.7 Å². The predicted molar refractivity (Wildman–Crippen MR) is 155 cm³/mol. The number of carboxylic acids is 1. The zero-order valence-electron chi connectivity index (χ0n) is 22.8. The lowest BCUT2D eigenvalue weighted by Crippen LogP contribution is -2.26. The molecule has 0 saturated carbocycles. The molecule has 0 bridgehead atoms. The summed E-state index contributed by atoms with van der Waals surface area (Å²) in [5, 5.41) is 13.9. The van der Waals surface area contributed by atoms with Crippen molar-refractivity contribution in [3.63, 3.8) is 0 Å². The Bertz CT molecular complexity index is 1470. The molecule has 1 atom stereocenters. The molecular formula is C32H32F3N3O4. The van der Waals surface area contributed by atoms with Gasteiger partial charge in [-0.3, -0.25) is 14.4 Å². The van der Waals surface area contributed by atoms with Gasteiger partial charge in [0.2, 0.25) is 5.91 Å². The highest BCUT2D eigenvalue weighted by Crippen LogP contribution is 2.36. The van der Waals surface area contributed by atoms with Gasteiger partial charge in [-0.05, 0) is 84.7 Å². The zero-order chi connectivity index (χ0) is 30.3. The monoisotopic (exact) mass is 579 g/mol. The number of halogens is 3. The van der Waals surface area contributed by atoms with Gasteiger partial charge in [0, 0.05) is 23.5 Å². The van der Waals surface area contributed by atoms with Crippen molar-refractivity contribution in [2.45, 2.75) is 50.6 Å². The number of amides is 2. The number of carbonyl (C=O) groups is 3. The van der Waals surface area contributed by atoms with Gasteiger partial charge in [0.1, 0.15) is 0 Å². The van der Waals surface area contributed by atoms with Gasteiger partial charge in [-0.15, -0.1) is 0 Å². The van der Waals surface area contributed by atoms with Crippen LogP contribution in [0.15, 0.2) is 72.8 Å². The van der Waals surface area contributed by atoms with Crippen LogP contribution in [0.4, 0.5) is 24.5 Å². The second kappa shape index (κ2) is 13.4. The largest absolute Gasteiger partial charge is 0.481 e. The molecule has 4 rings (SSSR count). The number of anilines is 2. The molecule has 7 nitrogen and oxygen atoms in total. The summed E-state index contributed by atoms with van der Waals surface area (Å²) in [6.07, 6.45) is 1.86. The fraction of sp³-hybridized carbons (Fsp3) is 0.281.